The maximum Gasteiger partial charge on any atom is 0.331 e. The zero-order valence-electron chi connectivity index (χ0n) is 15.5. The van der Waals surface area contributed by atoms with Crippen molar-refractivity contribution in [3.8, 4) is 5.75 Å². The van der Waals surface area contributed by atoms with Crippen LogP contribution >= 0.6 is 11.6 Å². The van der Waals surface area contributed by atoms with Crippen LogP contribution in [0.4, 0.5) is 5.69 Å². The summed E-state index contributed by atoms with van der Waals surface area (Å²) in [6.07, 6.45) is 1.91. The van der Waals surface area contributed by atoms with E-state index in [1.807, 2.05) is 31.2 Å². The molecule has 1 amide bonds. The molecule has 0 aliphatic rings. The van der Waals surface area contributed by atoms with Gasteiger partial charge in [0.2, 0.25) is 0 Å². The number of amides is 1. The van der Waals surface area contributed by atoms with Crippen molar-refractivity contribution in [2.45, 2.75) is 26.9 Å². The first-order valence-electron chi connectivity index (χ1n) is 8.59. The number of para-hydroxylation sites is 1. The zero-order valence-corrected chi connectivity index (χ0v) is 16.2. The van der Waals surface area contributed by atoms with E-state index in [-0.39, 0.29) is 0 Å². The molecule has 0 fully saturated rings. The first kappa shape index (κ1) is 20.5. The number of anilines is 1. The average molecular weight is 388 g/mol. The second-order valence-corrected chi connectivity index (χ2v) is 6.19. The summed E-state index contributed by atoms with van der Waals surface area (Å²) in [5, 5.41) is 3.26. The van der Waals surface area contributed by atoms with Crippen LogP contribution in [0.5, 0.6) is 5.75 Å². The molecule has 1 N–H and O–H groups in total. The lowest BCUT2D eigenvalue weighted by Gasteiger charge is -2.14. The fourth-order valence-electron chi connectivity index (χ4n) is 2.31. The van der Waals surface area contributed by atoms with E-state index in [0.29, 0.717) is 23.1 Å². The van der Waals surface area contributed by atoms with E-state index in [4.69, 9.17) is 21.1 Å². The highest BCUT2D eigenvalue weighted by molar-refractivity contribution is 6.31. The molecular formula is C21H22ClNO4. The Balaban J connectivity index is 1.97. The van der Waals surface area contributed by atoms with Gasteiger partial charge in [0.25, 0.3) is 5.91 Å². The molecule has 1 atom stereocenters. The second kappa shape index (κ2) is 9.78. The third-order valence-electron chi connectivity index (χ3n) is 3.81. The van der Waals surface area contributed by atoms with E-state index in [9.17, 15) is 9.59 Å². The Bertz CT molecular complexity index is 848. The van der Waals surface area contributed by atoms with Gasteiger partial charge >= 0.3 is 5.97 Å². The molecule has 0 aliphatic carbocycles. The predicted molar refractivity (Wildman–Crippen MR) is 107 cm³/mol. The van der Waals surface area contributed by atoms with Gasteiger partial charge in [-0.2, -0.15) is 0 Å². The van der Waals surface area contributed by atoms with Crippen molar-refractivity contribution in [2.75, 3.05) is 11.9 Å². The van der Waals surface area contributed by atoms with Crippen LogP contribution in [0.15, 0.2) is 48.5 Å². The fraction of sp³-hybridized carbons (Fsp3) is 0.238. The Hall–Kier alpha value is -2.79. The van der Waals surface area contributed by atoms with Crippen molar-refractivity contribution in [3.05, 3.63) is 64.7 Å². The molecule has 0 saturated carbocycles. The first-order valence-corrected chi connectivity index (χ1v) is 8.96. The van der Waals surface area contributed by atoms with Gasteiger partial charge in [-0.1, -0.05) is 35.9 Å². The summed E-state index contributed by atoms with van der Waals surface area (Å²) in [4.78, 5) is 24.3. The number of hydrogen-bond donors (Lipinski definition) is 1. The second-order valence-electron chi connectivity index (χ2n) is 5.78. The number of benzene rings is 2. The van der Waals surface area contributed by atoms with Crippen LogP contribution in [0.3, 0.4) is 0 Å². The van der Waals surface area contributed by atoms with Gasteiger partial charge in [-0.15, -0.1) is 0 Å². The third kappa shape index (κ3) is 5.86. The quantitative estimate of drug-likeness (QED) is 0.555. The number of ether oxygens (including phenoxy) is 2. The van der Waals surface area contributed by atoms with Crippen LogP contribution < -0.4 is 10.1 Å². The standard InChI is InChI=1S/C21H22ClNO4/c1-4-26-19-11-6-5-8-16(19)12-13-20(24)27-15(3)21(25)23-18-10-7-9-17(22)14(18)2/h5-13,15H,4H2,1-3H3,(H,23,25)/b13-12+/t15-/m1/s1. The van der Waals surface area contributed by atoms with Crippen molar-refractivity contribution in [1.29, 1.82) is 0 Å². The number of rotatable bonds is 7. The lowest BCUT2D eigenvalue weighted by atomic mass is 10.2. The smallest absolute Gasteiger partial charge is 0.331 e. The van der Waals surface area contributed by atoms with Crippen LogP contribution in [0.1, 0.15) is 25.0 Å². The van der Waals surface area contributed by atoms with Crippen LogP contribution in [0.2, 0.25) is 5.02 Å². The Morgan fingerprint density at radius 3 is 2.67 bits per heavy atom. The number of hydrogen-bond acceptors (Lipinski definition) is 4. The van der Waals surface area contributed by atoms with E-state index >= 15 is 0 Å². The molecule has 0 spiro atoms. The summed E-state index contributed by atoms with van der Waals surface area (Å²) in [7, 11) is 0. The normalized spacial score (nSPS) is 11.9. The molecule has 2 aromatic rings. The molecule has 0 aromatic heterocycles. The monoisotopic (exact) mass is 387 g/mol. The molecule has 5 nitrogen and oxygen atoms in total. The Morgan fingerprint density at radius 1 is 1.19 bits per heavy atom. The minimum Gasteiger partial charge on any atom is -0.493 e. The number of carbonyl (C=O) groups excluding carboxylic acids is 2. The highest BCUT2D eigenvalue weighted by atomic mass is 35.5. The molecule has 0 aliphatic heterocycles. The van der Waals surface area contributed by atoms with Crippen molar-refractivity contribution in [1.82, 2.24) is 0 Å². The molecule has 0 bridgehead atoms. The van der Waals surface area contributed by atoms with E-state index in [1.54, 1.807) is 31.2 Å². The number of esters is 1. The first-order chi connectivity index (χ1) is 12.9. The SMILES string of the molecule is CCOc1ccccc1/C=C/C(=O)O[C@H](C)C(=O)Nc1cccc(Cl)c1C. The summed E-state index contributed by atoms with van der Waals surface area (Å²) < 4.78 is 10.7. The minimum atomic E-state index is -0.956. The number of halogens is 1. The van der Waals surface area contributed by atoms with Gasteiger partial charge < -0.3 is 14.8 Å². The zero-order chi connectivity index (χ0) is 19.8. The van der Waals surface area contributed by atoms with E-state index < -0.39 is 18.0 Å². The molecule has 0 saturated heterocycles. The molecule has 27 heavy (non-hydrogen) atoms. The summed E-state index contributed by atoms with van der Waals surface area (Å²) in [6.45, 7) is 5.72. The Morgan fingerprint density at radius 2 is 1.93 bits per heavy atom. The van der Waals surface area contributed by atoms with Crippen LogP contribution in [0.25, 0.3) is 6.08 Å². The lowest BCUT2D eigenvalue weighted by molar-refractivity contribution is -0.148. The van der Waals surface area contributed by atoms with Gasteiger partial charge in [0.05, 0.1) is 6.61 Å². The largest absolute Gasteiger partial charge is 0.493 e. The maximum absolute atomic E-state index is 12.2. The van der Waals surface area contributed by atoms with Gasteiger partial charge in [0, 0.05) is 22.3 Å². The average Bonchev–Trinajstić information content (AvgIpc) is 2.65. The molecular weight excluding hydrogens is 366 g/mol. The minimum absolute atomic E-state index is 0.433. The summed E-state index contributed by atoms with van der Waals surface area (Å²) >= 11 is 6.04. The van der Waals surface area contributed by atoms with Crippen molar-refractivity contribution >= 4 is 35.2 Å². The Labute approximate surface area is 163 Å². The third-order valence-corrected chi connectivity index (χ3v) is 4.22. The molecule has 0 unspecified atom stereocenters. The van der Waals surface area contributed by atoms with Crippen LogP contribution in [0, 0.1) is 6.92 Å². The highest BCUT2D eigenvalue weighted by Crippen LogP contribution is 2.23. The van der Waals surface area contributed by atoms with Crippen molar-refractivity contribution in [3.63, 3.8) is 0 Å². The molecule has 0 heterocycles. The topological polar surface area (TPSA) is 64.6 Å². The number of nitrogens with one attached hydrogen (secondary N) is 1. The molecule has 6 heteroatoms. The maximum atomic E-state index is 12.2. The molecule has 2 aromatic carbocycles. The molecule has 142 valence electrons. The van der Waals surface area contributed by atoms with Crippen molar-refractivity contribution < 1.29 is 19.1 Å². The van der Waals surface area contributed by atoms with Crippen LogP contribution in [-0.2, 0) is 14.3 Å². The van der Waals surface area contributed by atoms with E-state index in [1.165, 1.54) is 13.0 Å². The highest BCUT2D eigenvalue weighted by Gasteiger charge is 2.17. The van der Waals surface area contributed by atoms with Gasteiger partial charge in [-0.05, 0) is 50.6 Å². The fourth-order valence-corrected chi connectivity index (χ4v) is 2.48. The summed E-state index contributed by atoms with van der Waals surface area (Å²) in [5.41, 5.74) is 2.08. The van der Waals surface area contributed by atoms with Gasteiger partial charge in [-0.25, -0.2) is 4.79 Å². The summed E-state index contributed by atoms with van der Waals surface area (Å²) in [6, 6.07) is 12.5. The van der Waals surface area contributed by atoms with E-state index in [2.05, 4.69) is 5.32 Å². The Kier molecular flexibility index (Phi) is 7.44. The summed E-state index contributed by atoms with van der Waals surface area (Å²) in [5.74, 6) is -0.380. The van der Waals surface area contributed by atoms with Gasteiger partial charge in [0.1, 0.15) is 5.75 Å². The van der Waals surface area contributed by atoms with Crippen molar-refractivity contribution in [2.24, 2.45) is 0 Å². The van der Waals surface area contributed by atoms with E-state index in [0.717, 1.165) is 11.1 Å². The molecule has 2 rings (SSSR count). The molecule has 0 radical (unpaired) electrons. The van der Waals surface area contributed by atoms with Gasteiger partial charge in [0.15, 0.2) is 6.10 Å². The lowest BCUT2D eigenvalue weighted by Crippen LogP contribution is -2.29. The van der Waals surface area contributed by atoms with Crippen LogP contribution in [-0.4, -0.2) is 24.6 Å². The number of carbonyl (C=O) groups is 2. The predicted octanol–water partition coefficient (Wildman–Crippen LogP) is 4.63. The van der Waals surface area contributed by atoms with Gasteiger partial charge in [-0.3, -0.25) is 4.79 Å².